The number of nitro groups is 1. The summed E-state index contributed by atoms with van der Waals surface area (Å²) in [5.74, 6) is -0.412. The summed E-state index contributed by atoms with van der Waals surface area (Å²) in [6.07, 6.45) is 1.42. The number of carbonyl (C=O) groups excluding carboxylic acids is 1. The van der Waals surface area contributed by atoms with E-state index < -0.39 is 4.92 Å². The van der Waals surface area contributed by atoms with Crippen LogP contribution in [0.5, 0.6) is 0 Å². The predicted molar refractivity (Wildman–Crippen MR) is 93.9 cm³/mol. The van der Waals surface area contributed by atoms with E-state index in [4.69, 9.17) is 0 Å². The minimum atomic E-state index is -0.483. The average molecular weight is 335 g/mol. The Bertz CT molecular complexity index is 957. The third-order valence-corrected chi connectivity index (χ3v) is 3.73. The van der Waals surface area contributed by atoms with Crippen molar-refractivity contribution in [1.29, 1.82) is 0 Å². The topological polar surface area (TPSA) is 105 Å². The second-order valence-electron chi connectivity index (χ2n) is 5.37. The Morgan fingerprint density at radius 3 is 2.36 bits per heavy atom. The number of ketones is 1. The predicted octanol–water partition coefficient (Wildman–Crippen LogP) is 3.29. The molecule has 2 aromatic rings. The van der Waals surface area contributed by atoms with Crippen LogP contribution in [0.1, 0.15) is 23.6 Å². The third-order valence-electron chi connectivity index (χ3n) is 3.73. The Labute approximate surface area is 142 Å². The molecule has 7 nitrogen and oxygen atoms in total. The molecule has 0 bridgehead atoms. The second-order valence-corrected chi connectivity index (χ2v) is 5.37. The van der Waals surface area contributed by atoms with Gasteiger partial charge in [0.1, 0.15) is 11.5 Å². The SMILES string of the molecule is CC(=O)C1=C(O)c2ccccc2/C1=N/N=C\c1ccc([N+](=O)[O-])cc1. The van der Waals surface area contributed by atoms with E-state index in [0.29, 0.717) is 22.4 Å². The van der Waals surface area contributed by atoms with Gasteiger partial charge in [-0.1, -0.05) is 24.3 Å². The van der Waals surface area contributed by atoms with Crippen molar-refractivity contribution in [2.45, 2.75) is 6.92 Å². The van der Waals surface area contributed by atoms with Crippen molar-refractivity contribution >= 4 is 29.2 Å². The van der Waals surface area contributed by atoms with Crippen LogP contribution in [0.15, 0.2) is 64.3 Å². The monoisotopic (exact) mass is 335 g/mol. The Hall–Kier alpha value is -3.61. The molecular formula is C18H13N3O4. The Morgan fingerprint density at radius 1 is 1.12 bits per heavy atom. The number of rotatable bonds is 4. The van der Waals surface area contributed by atoms with Gasteiger partial charge in [-0.25, -0.2) is 0 Å². The highest BCUT2D eigenvalue weighted by molar-refractivity contribution is 6.35. The smallest absolute Gasteiger partial charge is 0.269 e. The van der Waals surface area contributed by atoms with Crippen LogP contribution in [0.3, 0.4) is 0 Å². The summed E-state index contributed by atoms with van der Waals surface area (Å²) < 4.78 is 0. The van der Waals surface area contributed by atoms with Gasteiger partial charge in [0.2, 0.25) is 0 Å². The fourth-order valence-electron chi connectivity index (χ4n) is 2.55. The van der Waals surface area contributed by atoms with Crippen LogP contribution in [0.25, 0.3) is 5.76 Å². The highest BCUT2D eigenvalue weighted by Gasteiger charge is 2.30. The van der Waals surface area contributed by atoms with E-state index >= 15 is 0 Å². The van der Waals surface area contributed by atoms with E-state index in [-0.39, 0.29) is 22.8 Å². The Kier molecular flexibility index (Phi) is 4.21. The molecule has 3 rings (SSSR count). The van der Waals surface area contributed by atoms with Gasteiger partial charge in [0.15, 0.2) is 5.78 Å². The third kappa shape index (κ3) is 3.07. The lowest BCUT2D eigenvalue weighted by molar-refractivity contribution is -0.384. The molecule has 0 radical (unpaired) electrons. The quantitative estimate of drug-likeness (QED) is 0.525. The first-order chi connectivity index (χ1) is 12.0. The summed E-state index contributed by atoms with van der Waals surface area (Å²) in [6.45, 7) is 1.35. The molecule has 7 heteroatoms. The van der Waals surface area contributed by atoms with Crippen molar-refractivity contribution < 1.29 is 14.8 Å². The lowest BCUT2D eigenvalue weighted by atomic mass is 10.1. The largest absolute Gasteiger partial charge is 0.506 e. The van der Waals surface area contributed by atoms with Crippen LogP contribution in [0.2, 0.25) is 0 Å². The maximum Gasteiger partial charge on any atom is 0.269 e. The molecule has 1 aliphatic carbocycles. The molecule has 0 amide bonds. The van der Waals surface area contributed by atoms with Crippen molar-refractivity contribution in [1.82, 2.24) is 0 Å². The van der Waals surface area contributed by atoms with Gasteiger partial charge in [0.25, 0.3) is 5.69 Å². The van der Waals surface area contributed by atoms with Gasteiger partial charge in [-0.15, -0.1) is 5.10 Å². The van der Waals surface area contributed by atoms with E-state index in [0.717, 1.165) is 0 Å². The summed E-state index contributed by atoms with van der Waals surface area (Å²) in [5.41, 5.74) is 2.21. The zero-order chi connectivity index (χ0) is 18.0. The molecule has 0 saturated heterocycles. The number of hydrogen-bond acceptors (Lipinski definition) is 6. The van der Waals surface area contributed by atoms with Crippen LogP contribution in [-0.4, -0.2) is 27.7 Å². The summed E-state index contributed by atoms with van der Waals surface area (Å²) in [7, 11) is 0. The zero-order valence-electron chi connectivity index (χ0n) is 13.2. The minimum absolute atomic E-state index is 0.0140. The van der Waals surface area contributed by atoms with Crippen LogP contribution in [0, 0.1) is 10.1 Å². The van der Waals surface area contributed by atoms with Gasteiger partial charge in [0, 0.05) is 23.3 Å². The second kappa shape index (κ2) is 6.48. The number of nitrogens with zero attached hydrogens (tertiary/aromatic N) is 3. The summed E-state index contributed by atoms with van der Waals surface area (Å²) in [6, 6.07) is 12.8. The first kappa shape index (κ1) is 16.3. The molecule has 124 valence electrons. The molecule has 25 heavy (non-hydrogen) atoms. The number of allylic oxidation sites excluding steroid dienone is 1. The van der Waals surface area contributed by atoms with E-state index in [1.807, 2.05) is 0 Å². The summed E-state index contributed by atoms with van der Waals surface area (Å²) in [5, 5.41) is 28.9. The number of nitro benzene ring substituents is 1. The molecule has 0 unspecified atom stereocenters. The van der Waals surface area contributed by atoms with Crippen LogP contribution in [-0.2, 0) is 4.79 Å². The number of non-ortho nitro benzene ring substituents is 1. The highest BCUT2D eigenvalue weighted by atomic mass is 16.6. The van der Waals surface area contributed by atoms with Crippen molar-refractivity contribution in [3.05, 3.63) is 80.9 Å². The lowest BCUT2D eigenvalue weighted by Gasteiger charge is -2.00. The molecule has 2 aromatic carbocycles. The Balaban J connectivity index is 1.94. The number of aliphatic hydroxyl groups excluding tert-OH is 1. The summed E-state index contributed by atoms with van der Waals surface area (Å²) >= 11 is 0. The molecule has 0 fully saturated rings. The van der Waals surface area contributed by atoms with Crippen molar-refractivity contribution in [2.24, 2.45) is 10.2 Å². The first-order valence-corrected chi connectivity index (χ1v) is 7.39. The molecular weight excluding hydrogens is 322 g/mol. The molecule has 0 aromatic heterocycles. The van der Waals surface area contributed by atoms with Crippen LogP contribution in [0.4, 0.5) is 5.69 Å². The maximum absolute atomic E-state index is 11.9. The minimum Gasteiger partial charge on any atom is -0.506 e. The highest BCUT2D eigenvalue weighted by Crippen LogP contribution is 2.32. The molecule has 1 N–H and O–H groups in total. The normalized spacial score (nSPS) is 15.0. The van der Waals surface area contributed by atoms with E-state index in [1.165, 1.54) is 25.3 Å². The number of carbonyl (C=O) groups is 1. The fourth-order valence-corrected chi connectivity index (χ4v) is 2.55. The zero-order valence-corrected chi connectivity index (χ0v) is 13.2. The fraction of sp³-hybridized carbons (Fsp3) is 0.0556. The van der Waals surface area contributed by atoms with Gasteiger partial charge in [-0.3, -0.25) is 14.9 Å². The van der Waals surface area contributed by atoms with Crippen LogP contribution < -0.4 is 0 Å². The van der Waals surface area contributed by atoms with E-state index in [1.54, 1.807) is 36.4 Å². The lowest BCUT2D eigenvalue weighted by Crippen LogP contribution is -2.08. The first-order valence-electron chi connectivity index (χ1n) is 7.39. The van der Waals surface area contributed by atoms with Crippen LogP contribution >= 0.6 is 0 Å². The van der Waals surface area contributed by atoms with Gasteiger partial charge < -0.3 is 5.11 Å². The summed E-state index contributed by atoms with van der Waals surface area (Å²) in [4.78, 5) is 22.0. The standard InChI is InChI=1S/C18H13N3O4/c1-11(22)16-17(14-4-2-3-5-15(14)18(16)23)20-19-10-12-6-8-13(9-7-12)21(24)25/h2-10,23H,1H3/b19-10-,20-17-. The molecule has 0 atom stereocenters. The van der Waals surface area contributed by atoms with Gasteiger partial charge in [-0.05, 0) is 24.6 Å². The molecule has 0 spiro atoms. The number of benzene rings is 2. The van der Waals surface area contributed by atoms with E-state index in [9.17, 15) is 20.0 Å². The number of fused-ring (bicyclic) bond motifs is 1. The average Bonchev–Trinajstić information content (AvgIpc) is 2.88. The number of aliphatic hydroxyl groups is 1. The van der Waals surface area contributed by atoms with E-state index in [2.05, 4.69) is 10.2 Å². The van der Waals surface area contributed by atoms with Crippen molar-refractivity contribution in [2.75, 3.05) is 0 Å². The maximum atomic E-state index is 11.9. The number of Topliss-reactive ketones (excluding diaryl/α,β-unsaturated/α-hetero) is 1. The van der Waals surface area contributed by atoms with Gasteiger partial charge >= 0.3 is 0 Å². The van der Waals surface area contributed by atoms with Gasteiger partial charge in [0.05, 0.1) is 16.7 Å². The molecule has 1 aliphatic rings. The molecule has 0 saturated carbocycles. The van der Waals surface area contributed by atoms with Crippen molar-refractivity contribution in [3.63, 3.8) is 0 Å². The van der Waals surface area contributed by atoms with Crippen molar-refractivity contribution in [3.8, 4) is 0 Å². The Morgan fingerprint density at radius 2 is 1.76 bits per heavy atom. The molecule has 0 heterocycles. The molecule has 0 aliphatic heterocycles. The van der Waals surface area contributed by atoms with Gasteiger partial charge in [-0.2, -0.15) is 5.10 Å². The number of hydrogen-bond donors (Lipinski definition) is 1.